The van der Waals surface area contributed by atoms with Crippen LogP contribution in [0.25, 0.3) is 22.2 Å². The number of pyridine rings is 2. The van der Waals surface area contributed by atoms with Crippen molar-refractivity contribution in [2.45, 2.75) is 19.3 Å². The Morgan fingerprint density at radius 2 is 1.97 bits per heavy atom. The Labute approximate surface area is 203 Å². The lowest BCUT2D eigenvalue weighted by Crippen LogP contribution is -2.18. The molecule has 1 aliphatic heterocycles. The summed E-state index contributed by atoms with van der Waals surface area (Å²) in [6.45, 7) is 3.88. The average molecular weight is 471 g/mol. The number of ether oxygens (including phenoxy) is 2. The Balaban J connectivity index is 1.28. The molecule has 0 saturated carbocycles. The molecule has 5 rings (SSSR count). The average Bonchev–Trinajstić information content (AvgIpc) is 2.91. The molecule has 35 heavy (non-hydrogen) atoms. The molecule has 2 N–H and O–H groups in total. The zero-order chi connectivity index (χ0) is 24.2. The quantitative estimate of drug-likeness (QED) is 0.419. The van der Waals surface area contributed by atoms with Gasteiger partial charge in [0, 0.05) is 43.0 Å². The predicted molar refractivity (Wildman–Crippen MR) is 133 cm³/mol. The van der Waals surface area contributed by atoms with Crippen LogP contribution in [0.3, 0.4) is 0 Å². The number of fused-ring (bicyclic) bond motifs is 2. The summed E-state index contributed by atoms with van der Waals surface area (Å²) in [4.78, 5) is 29.9. The summed E-state index contributed by atoms with van der Waals surface area (Å²) in [6, 6.07) is 11.5. The maximum atomic E-state index is 12.3. The minimum atomic E-state index is -0.114. The first-order chi connectivity index (χ1) is 17.1. The molecule has 9 nitrogen and oxygen atoms in total. The molecule has 0 saturated heterocycles. The van der Waals surface area contributed by atoms with Crippen LogP contribution in [0.1, 0.15) is 35.2 Å². The van der Waals surface area contributed by atoms with Gasteiger partial charge in [0.15, 0.2) is 5.75 Å². The summed E-state index contributed by atoms with van der Waals surface area (Å²) in [6.07, 6.45) is 5.81. The van der Waals surface area contributed by atoms with Gasteiger partial charge >= 0.3 is 0 Å². The number of anilines is 1. The predicted octanol–water partition coefficient (Wildman–Crippen LogP) is 3.82. The van der Waals surface area contributed by atoms with Gasteiger partial charge in [-0.15, -0.1) is 0 Å². The number of hydrogen-bond donors (Lipinski definition) is 2. The van der Waals surface area contributed by atoms with Gasteiger partial charge in [0.1, 0.15) is 25.4 Å². The third kappa shape index (κ3) is 4.70. The lowest BCUT2D eigenvalue weighted by atomic mass is 9.94. The molecular weight excluding hydrogens is 444 g/mol. The highest BCUT2D eigenvalue weighted by Gasteiger charge is 2.16. The van der Waals surface area contributed by atoms with Gasteiger partial charge in [0.2, 0.25) is 0 Å². The Kier molecular flexibility index (Phi) is 6.38. The fraction of sp³-hybridized carbons (Fsp3) is 0.269. The van der Waals surface area contributed by atoms with Crippen LogP contribution in [0, 0.1) is 0 Å². The second-order valence-electron chi connectivity index (χ2n) is 8.31. The van der Waals surface area contributed by atoms with Crippen molar-refractivity contribution in [1.82, 2.24) is 25.3 Å². The summed E-state index contributed by atoms with van der Waals surface area (Å²) >= 11 is 0. The van der Waals surface area contributed by atoms with Gasteiger partial charge in [-0.2, -0.15) is 0 Å². The molecule has 3 aromatic heterocycles. The van der Waals surface area contributed by atoms with Gasteiger partial charge < -0.3 is 20.1 Å². The van der Waals surface area contributed by atoms with E-state index in [9.17, 15) is 4.79 Å². The molecule has 0 spiro atoms. The van der Waals surface area contributed by atoms with Crippen LogP contribution < -0.4 is 20.1 Å². The minimum Gasteiger partial charge on any atom is -0.484 e. The lowest BCUT2D eigenvalue weighted by Gasteiger charge is -2.17. The van der Waals surface area contributed by atoms with Crippen LogP contribution in [0.2, 0.25) is 0 Å². The molecule has 1 atom stereocenters. The number of carbonyl (C=O) groups excluding carboxylic acids is 1. The van der Waals surface area contributed by atoms with Crippen molar-refractivity contribution in [3.05, 3.63) is 66.2 Å². The van der Waals surface area contributed by atoms with E-state index in [2.05, 4.69) is 43.6 Å². The van der Waals surface area contributed by atoms with Crippen molar-refractivity contribution in [2.24, 2.45) is 0 Å². The minimum absolute atomic E-state index is 0.114. The smallest absolute Gasteiger partial charge is 0.257 e. The zero-order valence-corrected chi connectivity index (χ0v) is 19.6. The monoisotopic (exact) mass is 470 g/mol. The van der Waals surface area contributed by atoms with Crippen molar-refractivity contribution in [3.8, 4) is 22.9 Å². The first-order valence-corrected chi connectivity index (χ1v) is 11.6. The Morgan fingerprint density at radius 3 is 2.86 bits per heavy atom. The second-order valence-corrected chi connectivity index (χ2v) is 8.31. The number of carbonyl (C=O) groups is 1. The molecule has 0 radical (unpaired) electrons. The number of nitrogens with one attached hydrogen (secondary N) is 2. The van der Waals surface area contributed by atoms with Gasteiger partial charge in [-0.1, -0.05) is 25.1 Å². The fourth-order valence-electron chi connectivity index (χ4n) is 4.19. The fourth-order valence-corrected chi connectivity index (χ4v) is 4.19. The van der Waals surface area contributed by atoms with Crippen molar-refractivity contribution in [1.29, 1.82) is 0 Å². The molecule has 4 heterocycles. The van der Waals surface area contributed by atoms with Crippen LogP contribution >= 0.6 is 0 Å². The van der Waals surface area contributed by atoms with Crippen molar-refractivity contribution >= 4 is 22.6 Å². The van der Waals surface area contributed by atoms with Crippen molar-refractivity contribution < 1.29 is 14.3 Å². The van der Waals surface area contributed by atoms with Crippen molar-refractivity contribution in [3.63, 3.8) is 0 Å². The summed E-state index contributed by atoms with van der Waals surface area (Å²) in [7, 11) is 1.63. The van der Waals surface area contributed by atoms with E-state index in [1.54, 1.807) is 25.5 Å². The summed E-state index contributed by atoms with van der Waals surface area (Å²) in [5, 5.41) is 6.95. The molecular formula is C26H26N6O3. The van der Waals surface area contributed by atoms with E-state index < -0.39 is 0 Å². The number of nitrogens with zero attached hydrogens (tertiary/aromatic N) is 4. The van der Waals surface area contributed by atoms with E-state index in [0.717, 1.165) is 40.0 Å². The Morgan fingerprint density at radius 1 is 1.09 bits per heavy atom. The van der Waals surface area contributed by atoms with Crippen molar-refractivity contribution in [2.75, 3.05) is 32.1 Å². The van der Waals surface area contributed by atoms with E-state index in [4.69, 9.17) is 9.47 Å². The molecule has 1 unspecified atom stereocenters. The highest BCUT2D eigenvalue weighted by molar-refractivity contribution is 6.06. The topological polar surface area (TPSA) is 111 Å². The number of hydrogen-bond acceptors (Lipinski definition) is 8. The van der Waals surface area contributed by atoms with Crippen LogP contribution in [0.15, 0.2) is 55.1 Å². The molecule has 9 heteroatoms. The second kappa shape index (κ2) is 9.92. The van der Waals surface area contributed by atoms with Gasteiger partial charge in [0.25, 0.3) is 11.8 Å². The molecule has 1 aromatic carbocycles. The highest BCUT2D eigenvalue weighted by Crippen LogP contribution is 2.32. The van der Waals surface area contributed by atoms with Gasteiger partial charge in [-0.05, 0) is 30.0 Å². The first kappa shape index (κ1) is 22.5. The van der Waals surface area contributed by atoms with E-state index in [0.29, 0.717) is 37.0 Å². The Bertz CT molecular complexity index is 1380. The number of amides is 1. The third-order valence-corrected chi connectivity index (χ3v) is 6.05. The lowest BCUT2D eigenvalue weighted by molar-refractivity contribution is 0.0964. The van der Waals surface area contributed by atoms with E-state index in [-0.39, 0.29) is 11.8 Å². The molecule has 1 amide bonds. The first-order valence-electron chi connectivity index (χ1n) is 11.6. The molecule has 0 aliphatic carbocycles. The van der Waals surface area contributed by atoms with Gasteiger partial charge in [-0.25, -0.2) is 15.0 Å². The number of benzene rings is 1. The molecule has 1 aliphatic rings. The number of para-hydroxylation sites is 1. The summed E-state index contributed by atoms with van der Waals surface area (Å²) in [5.74, 6) is 1.97. The third-order valence-electron chi connectivity index (χ3n) is 6.05. The standard InChI is InChI=1S/C26H26N6O3/c1-16(18-4-3-5-19-20(25(33)27-2)7-9-29-24(18)19)6-8-28-23-13-21(31-15-32-23)17-12-22-26(30-14-17)35-11-10-34-22/h3-5,7,9,12-16H,6,8,10-11H2,1-2H3,(H,27,33)(H,28,31,32). The molecule has 0 fully saturated rings. The Hall–Kier alpha value is -4.27. The number of aromatic nitrogens is 4. The van der Waals surface area contributed by atoms with E-state index in [1.807, 2.05) is 24.3 Å². The van der Waals surface area contributed by atoms with Crippen LogP contribution in [0.5, 0.6) is 11.6 Å². The summed E-state index contributed by atoms with van der Waals surface area (Å²) < 4.78 is 11.1. The number of rotatable bonds is 7. The van der Waals surface area contributed by atoms with Gasteiger partial charge in [0.05, 0.1) is 16.8 Å². The SMILES string of the molecule is CNC(=O)c1ccnc2c(C(C)CCNc3cc(-c4cnc5c(c4)OCCO5)ncn3)cccc12. The van der Waals surface area contributed by atoms with Crippen LogP contribution in [-0.4, -0.2) is 52.6 Å². The maximum absolute atomic E-state index is 12.3. The van der Waals surface area contributed by atoms with Crippen LogP contribution in [-0.2, 0) is 0 Å². The van der Waals surface area contributed by atoms with Crippen LogP contribution in [0.4, 0.5) is 5.82 Å². The molecule has 178 valence electrons. The normalized spacial score (nSPS) is 13.3. The zero-order valence-electron chi connectivity index (χ0n) is 19.6. The maximum Gasteiger partial charge on any atom is 0.257 e. The summed E-state index contributed by atoms with van der Waals surface area (Å²) in [5.41, 5.74) is 4.19. The molecule has 0 bridgehead atoms. The largest absolute Gasteiger partial charge is 0.484 e. The van der Waals surface area contributed by atoms with E-state index >= 15 is 0 Å². The highest BCUT2D eigenvalue weighted by atomic mass is 16.6. The van der Waals surface area contributed by atoms with Gasteiger partial charge in [-0.3, -0.25) is 9.78 Å². The molecule has 4 aromatic rings. The van der Waals surface area contributed by atoms with E-state index in [1.165, 1.54) is 6.33 Å².